The Morgan fingerprint density at radius 1 is 1.37 bits per heavy atom. The van der Waals surface area contributed by atoms with Gasteiger partial charge in [-0.15, -0.1) is 0 Å². The molecule has 0 bridgehead atoms. The fourth-order valence-electron chi connectivity index (χ4n) is 2.77. The van der Waals surface area contributed by atoms with E-state index in [1.807, 2.05) is 12.1 Å². The van der Waals surface area contributed by atoms with E-state index in [-0.39, 0.29) is 10.8 Å². The maximum Gasteiger partial charge on any atom is 0.182 e. The molecule has 2 aliphatic rings. The molecule has 3 nitrogen and oxygen atoms in total. The highest BCUT2D eigenvalue weighted by atomic mass is 35.5. The van der Waals surface area contributed by atoms with Crippen LogP contribution < -0.4 is 5.32 Å². The minimum Gasteiger partial charge on any atom is -0.308 e. The highest BCUT2D eigenvalue weighted by molar-refractivity contribution is 7.92. The Bertz CT molecular complexity index is 602. The lowest BCUT2D eigenvalue weighted by Gasteiger charge is -2.25. The van der Waals surface area contributed by atoms with Crippen molar-refractivity contribution in [2.75, 3.05) is 6.54 Å². The van der Waals surface area contributed by atoms with Gasteiger partial charge in [0.1, 0.15) is 0 Å². The van der Waals surface area contributed by atoms with Crippen molar-refractivity contribution in [2.24, 2.45) is 0 Å². The summed E-state index contributed by atoms with van der Waals surface area (Å²) < 4.78 is 24.5. The van der Waals surface area contributed by atoms with E-state index < -0.39 is 9.84 Å². The van der Waals surface area contributed by atoms with Gasteiger partial charge in [-0.2, -0.15) is 0 Å². The van der Waals surface area contributed by atoms with E-state index in [0.717, 1.165) is 37.8 Å². The maximum atomic E-state index is 12.2. The van der Waals surface area contributed by atoms with Gasteiger partial charge in [-0.25, -0.2) is 8.42 Å². The Morgan fingerprint density at radius 3 is 2.63 bits per heavy atom. The van der Waals surface area contributed by atoms with Crippen LogP contribution in [0.1, 0.15) is 38.2 Å². The molecule has 0 aromatic heterocycles. The lowest BCUT2D eigenvalue weighted by Crippen LogP contribution is -2.33. The van der Waals surface area contributed by atoms with Crippen LogP contribution in [0.5, 0.6) is 0 Å². The molecule has 5 heteroatoms. The van der Waals surface area contributed by atoms with E-state index in [4.69, 9.17) is 11.6 Å². The van der Waals surface area contributed by atoms with Crippen molar-refractivity contribution in [1.29, 1.82) is 0 Å². The number of halogens is 1. The molecule has 19 heavy (non-hydrogen) atoms. The van der Waals surface area contributed by atoms with Crippen LogP contribution in [0.4, 0.5) is 0 Å². The number of benzene rings is 1. The molecule has 1 unspecified atom stereocenters. The zero-order chi connectivity index (χ0) is 13.7. The van der Waals surface area contributed by atoms with E-state index in [9.17, 15) is 8.42 Å². The minimum atomic E-state index is -3.21. The Hall–Kier alpha value is -0.580. The molecule has 0 radical (unpaired) electrons. The van der Waals surface area contributed by atoms with Crippen LogP contribution in [-0.4, -0.2) is 20.2 Å². The van der Waals surface area contributed by atoms with Gasteiger partial charge in [0.25, 0.3) is 0 Å². The van der Waals surface area contributed by atoms with Crippen LogP contribution in [0, 0.1) is 0 Å². The summed E-state index contributed by atoms with van der Waals surface area (Å²) in [5.41, 5.74) is 0.996. The Kier molecular flexibility index (Phi) is 3.15. The van der Waals surface area contributed by atoms with Crippen LogP contribution in [0.3, 0.4) is 0 Å². The van der Waals surface area contributed by atoms with Crippen LogP contribution in [0.15, 0.2) is 23.1 Å². The lowest BCUT2D eigenvalue weighted by atomic mass is 9.91. The molecule has 2 fully saturated rings. The first-order chi connectivity index (χ1) is 8.93. The second-order valence-corrected chi connectivity index (χ2v) is 8.36. The van der Waals surface area contributed by atoms with E-state index >= 15 is 0 Å². The molecule has 1 saturated carbocycles. The lowest BCUT2D eigenvalue weighted by molar-refractivity contribution is 0.434. The molecule has 1 saturated heterocycles. The molecule has 3 rings (SSSR count). The summed E-state index contributed by atoms with van der Waals surface area (Å²) in [7, 11) is -3.21. The standard InChI is InChI=1S/C14H18ClNO2S/c1-14(7-2-8-16-14)10-3-6-13(12(15)9-10)19(17,18)11-4-5-11/h3,6,9,11,16H,2,4-5,7-8H2,1H3. The molecule has 104 valence electrons. The summed E-state index contributed by atoms with van der Waals surface area (Å²) in [6.07, 6.45) is 3.72. The van der Waals surface area contributed by atoms with Crippen LogP contribution in [-0.2, 0) is 15.4 Å². The van der Waals surface area contributed by atoms with Gasteiger partial charge >= 0.3 is 0 Å². The first-order valence-corrected chi connectivity index (χ1v) is 8.65. The summed E-state index contributed by atoms with van der Waals surface area (Å²) in [5.74, 6) is 0. The zero-order valence-corrected chi connectivity index (χ0v) is 12.5. The highest BCUT2D eigenvalue weighted by Gasteiger charge is 2.38. The van der Waals surface area contributed by atoms with E-state index in [1.165, 1.54) is 0 Å². The van der Waals surface area contributed by atoms with Crippen LogP contribution >= 0.6 is 11.6 Å². The predicted molar refractivity (Wildman–Crippen MR) is 76.2 cm³/mol. The smallest absolute Gasteiger partial charge is 0.182 e. The number of nitrogens with one attached hydrogen (secondary N) is 1. The van der Waals surface area contributed by atoms with E-state index in [1.54, 1.807) is 6.07 Å². The van der Waals surface area contributed by atoms with E-state index in [0.29, 0.717) is 9.92 Å². The molecule has 1 heterocycles. The molecule has 1 atom stereocenters. The molecule has 1 aliphatic heterocycles. The van der Waals surface area contributed by atoms with Gasteiger partial charge in [-0.05, 0) is 56.8 Å². The normalized spacial score (nSPS) is 27.7. The molecule has 1 aromatic carbocycles. The molecular weight excluding hydrogens is 282 g/mol. The molecular formula is C14H18ClNO2S. The SMILES string of the molecule is CC1(c2ccc(S(=O)(=O)C3CC3)c(Cl)c2)CCCN1. The highest BCUT2D eigenvalue weighted by Crippen LogP contribution is 2.38. The summed E-state index contributed by atoms with van der Waals surface area (Å²) in [5, 5.41) is 3.61. The van der Waals surface area contributed by atoms with Crippen molar-refractivity contribution in [3.8, 4) is 0 Å². The third-order valence-electron chi connectivity index (χ3n) is 4.21. The van der Waals surface area contributed by atoms with Gasteiger partial charge in [-0.3, -0.25) is 0 Å². The average molecular weight is 300 g/mol. The van der Waals surface area contributed by atoms with E-state index in [2.05, 4.69) is 12.2 Å². The Morgan fingerprint density at radius 2 is 2.11 bits per heavy atom. The van der Waals surface area contributed by atoms with Crippen molar-refractivity contribution in [3.63, 3.8) is 0 Å². The fraction of sp³-hybridized carbons (Fsp3) is 0.571. The van der Waals surface area contributed by atoms with Gasteiger partial charge in [0, 0.05) is 5.54 Å². The van der Waals surface area contributed by atoms with Gasteiger partial charge in [0.15, 0.2) is 9.84 Å². The number of hydrogen-bond acceptors (Lipinski definition) is 3. The van der Waals surface area contributed by atoms with Crippen LogP contribution in [0.2, 0.25) is 5.02 Å². The van der Waals surface area contributed by atoms with Crippen molar-refractivity contribution >= 4 is 21.4 Å². The zero-order valence-electron chi connectivity index (χ0n) is 10.9. The number of sulfone groups is 1. The monoisotopic (exact) mass is 299 g/mol. The number of hydrogen-bond donors (Lipinski definition) is 1. The predicted octanol–water partition coefficient (Wildman–Crippen LogP) is 2.87. The Labute approximate surface area is 119 Å². The summed E-state index contributed by atoms with van der Waals surface area (Å²) in [4.78, 5) is 0.294. The molecule has 0 amide bonds. The summed E-state index contributed by atoms with van der Waals surface area (Å²) >= 11 is 6.22. The minimum absolute atomic E-state index is 0.0779. The summed E-state index contributed by atoms with van der Waals surface area (Å²) in [6, 6.07) is 5.39. The van der Waals surface area contributed by atoms with Crippen LogP contribution in [0.25, 0.3) is 0 Å². The first kappa shape index (κ1) is 13.4. The molecule has 1 aliphatic carbocycles. The third-order valence-corrected chi connectivity index (χ3v) is 6.95. The third kappa shape index (κ3) is 2.30. The number of rotatable bonds is 3. The molecule has 1 aromatic rings. The topological polar surface area (TPSA) is 46.2 Å². The quantitative estimate of drug-likeness (QED) is 0.933. The van der Waals surface area contributed by atoms with Crippen molar-refractivity contribution in [1.82, 2.24) is 5.32 Å². The molecule has 1 N–H and O–H groups in total. The van der Waals surface area contributed by atoms with Crippen molar-refractivity contribution in [3.05, 3.63) is 28.8 Å². The van der Waals surface area contributed by atoms with Gasteiger partial charge in [-0.1, -0.05) is 17.7 Å². The fourth-order valence-corrected chi connectivity index (χ4v) is 4.98. The Balaban J connectivity index is 1.98. The largest absolute Gasteiger partial charge is 0.308 e. The van der Waals surface area contributed by atoms with Gasteiger partial charge in [0.2, 0.25) is 0 Å². The second-order valence-electron chi connectivity index (χ2n) is 5.75. The molecule has 0 spiro atoms. The maximum absolute atomic E-state index is 12.2. The second kappa shape index (κ2) is 4.47. The van der Waals surface area contributed by atoms with Gasteiger partial charge in [0.05, 0.1) is 15.2 Å². The van der Waals surface area contributed by atoms with Crippen molar-refractivity contribution < 1.29 is 8.42 Å². The average Bonchev–Trinajstić information content (AvgIpc) is 3.13. The summed E-state index contributed by atoms with van der Waals surface area (Å²) in [6.45, 7) is 3.14. The van der Waals surface area contributed by atoms with Gasteiger partial charge < -0.3 is 5.32 Å². The first-order valence-electron chi connectivity index (χ1n) is 6.72. The van der Waals surface area contributed by atoms with Crippen molar-refractivity contribution in [2.45, 2.75) is 48.3 Å².